The molecule has 2 aromatic carbocycles. The van der Waals surface area contributed by atoms with Gasteiger partial charge in [0, 0.05) is 48.5 Å². The molecule has 1 saturated heterocycles. The summed E-state index contributed by atoms with van der Waals surface area (Å²) >= 11 is 0. The third-order valence-corrected chi connectivity index (χ3v) is 4.82. The van der Waals surface area contributed by atoms with Crippen molar-refractivity contribution in [2.24, 2.45) is 5.92 Å². The average Bonchev–Trinajstić information content (AvgIpc) is 2.73. The maximum absolute atomic E-state index is 12.6. The number of amides is 2. The monoisotopic (exact) mass is 383 g/mol. The first-order valence-electron chi connectivity index (χ1n) is 8.96. The summed E-state index contributed by atoms with van der Waals surface area (Å²) in [7, 11) is 1.57. The van der Waals surface area contributed by atoms with Gasteiger partial charge in [-0.1, -0.05) is 6.07 Å². The molecule has 1 heterocycles. The number of carbonyl (C=O) groups is 2. The van der Waals surface area contributed by atoms with Gasteiger partial charge < -0.3 is 15.0 Å². The van der Waals surface area contributed by atoms with Crippen molar-refractivity contribution in [3.05, 3.63) is 64.2 Å². The fourth-order valence-corrected chi connectivity index (χ4v) is 3.20. The minimum absolute atomic E-state index is 0.0514. The van der Waals surface area contributed by atoms with Crippen LogP contribution >= 0.6 is 0 Å². The molecule has 28 heavy (non-hydrogen) atoms. The fraction of sp³-hybridized carbons (Fsp3) is 0.300. The molecule has 0 bridgehead atoms. The van der Waals surface area contributed by atoms with Crippen LogP contribution in [0.25, 0.3) is 0 Å². The molecule has 8 heteroatoms. The quantitative estimate of drug-likeness (QED) is 0.631. The molecule has 0 saturated carbocycles. The number of nitrogens with one attached hydrogen (secondary N) is 1. The number of rotatable bonds is 5. The van der Waals surface area contributed by atoms with Gasteiger partial charge in [-0.25, -0.2) is 0 Å². The lowest BCUT2D eigenvalue weighted by atomic mass is 9.95. The maximum Gasteiger partial charge on any atom is 0.269 e. The highest BCUT2D eigenvalue weighted by atomic mass is 16.6. The predicted octanol–water partition coefficient (Wildman–Crippen LogP) is 3.09. The molecule has 0 aromatic heterocycles. The Labute approximate surface area is 162 Å². The zero-order valence-corrected chi connectivity index (χ0v) is 15.5. The van der Waals surface area contributed by atoms with Crippen molar-refractivity contribution >= 4 is 23.2 Å². The van der Waals surface area contributed by atoms with E-state index in [0.717, 1.165) is 0 Å². The lowest BCUT2D eigenvalue weighted by Crippen LogP contribution is -2.41. The number of nitro benzene ring substituents is 1. The van der Waals surface area contributed by atoms with Crippen LogP contribution in [0.4, 0.5) is 11.4 Å². The number of anilines is 1. The van der Waals surface area contributed by atoms with Gasteiger partial charge in [-0.05, 0) is 37.1 Å². The smallest absolute Gasteiger partial charge is 0.269 e. The number of nitro groups is 1. The number of hydrogen-bond acceptors (Lipinski definition) is 5. The number of nitrogens with zero attached hydrogens (tertiary/aromatic N) is 2. The van der Waals surface area contributed by atoms with Gasteiger partial charge in [-0.2, -0.15) is 0 Å². The molecule has 1 aliphatic heterocycles. The molecule has 0 spiro atoms. The van der Waals surface area contributed by atoms with Gasteiger partial charge in [-0.3, -0.25) is 19.7 Å². The maximum atomic E-state index is 12.6. The van der Waals surface area contributed by atoms with Gasteiger partial charge in [0.05, 0.1) is 12.0 Å². The van der Waals surface area contributed by atoms with Gasteiger partial charge >= 0.3 is 0 Å². The summed E-state index contributed by atoms with van der Waals surface area (Å²) in [5.41, 5.74) is 1.03. The normalized spacial score (nSPS) is 14.4. The van der Waals surface area contributed by atoms with Crippen LogP contribution in [-0.2, 0) is 4.79 Å². The Morgan fingerprint density at radius 1 is 1.14 bits per heavy atom. The van der Waals surface area contributed by atoms with E-state index in [1.54, 1.807) is 36.3 Å². The molecule has 0 atom stereocenters. The SMILES string of the molecule is COc1cccc(NC(=O)C2CCN(C(=O)c3ccc([N+](=O)[O-])cc3)CC2)c1. The Morgan fingerprint density at radius 2 is 1.82 bits per heavy atom. The molecule has 1 N–H and O–H groups in total. The molecule has 3 rings (SSSR count). The number of carbonyl (C=O) groups excluding carboxylic acids is 2. The van der Waals surface area contributed by atoms with E-state index < -0.39 is 4.92 Å². The van der Waals surface area contributed by atoms with E-state index in [9.17, 15) is 19.7 Å². The molecule has 146 valence electrons. The molecule has 1 fully saturated rings. The van der Waals surface area contributed by atoms with Crippen LogP contribution in [-0.4, -0.2) is 41.8 Å². The van der Waals surface area contributed by atoms with E-state index in [-0.39, 0.29) is 23.4 Å². The number of benzene rings is 2. The lowest BCUT2D eigenvalue weighted by Gasteiger charge is -2.31. The predicted molar refractivity (Wildman–Crippen MR) is 103 cm³/mol. The summed E-state index contributed by atoms with van der Waals surface area (Å²) in [6.07, 6.45) is 1.13. The molecular formula is C20H21N3O5. The van der Waals surface area contributed by atoms with Gasteiger partial charge in [0.25, 0.3) is 11.6 Å². The second kappa shape index (κ2) is 8.51. The Balaban J connectivity index is 1.55. The Hall–Kier alpha value is -3.42. The highest BCUT2D eigenvalue weighted by molar-refractivity contribution is 5.95. The molecule has 2 aromatic rings. The second-order valence-electron chi connectivity index (χ2n) is 6.59. The summed E-state index contributed by atoms with van der Waals surface area (Å²) in [4.78, 5) is 36.9. The third-order valence-electron chi connectivity index (χ3n) is 4.82. The molecule has 1 aliphatic rings. The van der Waals surface area contributed by atoms with Crippen molar-refractivity contribution in [3.63, 3.8) is 0 Å². The van der Waals surface area contributed by atoms with Crippen LogP contribution in [0.15, 0.2) is 48.5 Å². The number of hydrogen-bond donors (Lipinski definition) is 1. The largest absolute Gasteiger partial charge is 0.497 e. The van der Waals surface area contributed by atoms with E-state index in [2.05, 4.69) is 5.32 Å². The highest BCUT2D eigenvalue weighted by Crippen LogP contribution is 2.23. The number of methoxy groups -OCH3 is 1. The van der Waals surface area contributed by atoms with Crippen molar-refractivity contribution in [1.29, 1.82) is 0 Å². The molecule has 0 unspecified atom stereocenters. The van der Waals surface area contributed by atoms with Crippen molar-refractivity contribution < 1.29 is 19.2 Å². The van der Waals surface area contributed by atoms with Crippen LogP contribution in [0.1, 0.15) is 23.2 Å². The van der Waals surface area contributed by atoms with E-state index in [1.807, 2.05) is 0 Å². The Morgan fingerprint density at radius 3 is 2.43 bits per heavy atom. The van der Waals surface area contributed by atoms with Crippen LogP contribution in [0.2, 0.25) is 0 Å². The standard InChI is InChI=1S/C20H21N3O5/c1-28-18-4-2-3-16(13-18)21-19(24)14-9-11-22(12-10-14)20(25)15-5-7-17(8-6-15)23(26)27/h2-8,13-14H,9-12H2,1H3,(H,21,24). The van der Waals surface area contributed by atoms with Crippen molar-refractivity contribution in [1.82, 2.24) is 4.90 Å². The first-order chi connectivity index (χ1) is 13.5. The highest BCUT2D eigenvalue weighted by Gasteiger charge is 2.28. The summed E-state index contributed by atoms with van der Waals surface area (Å²) in [5, 5.41) is 13.6. The van der Waals surface area contributed by atoms with E-state index in [0.29, 0.717) is 42.9 Å². The van der Waals surface area contributed by atoms with Gasteiger partial charge in [-0.15, -0.1) is 0 Å². The molecule has 2 amide bonds. The van der Waals surface area contributed by atoms with Crippen molar-refractivity contribution in [3.8, 4) is 5.75 Å². The molecule has 0 aliphatic carbocycles. The van der Waals surface area contributed by atoms with E-state index in [1.165, 1.54) is 24.3 Å². The summed E-state index contributed by atoms with van der Waals surface area (Å²) in [6, 6.07) is 12.7. The van der Waals surface area contributed by atoms with E-state index >= 15 is 0 Å². The number of ether oxygens (including phenoxy) is 1. The first kappa shape index (κ1) is 19.3. The molecule has 8 nitrogen and oxygen atoms in total. The summed E-state index contributed by atoms with van der Waals surface area (Å²) < 4.78 is 5.15. The first-order valence-corrected chi connectivity index (χ1v) is 8.96. The van der Waals surface area contributed by atoms with Gasteiger partial charge in [0.1, 0.15) is 5.75 Å². The van der Waals surface area contributed by atoms with Crippen LogP contribution in [0.3, 0.4) is 0 Å². The zero-order valence-electron chi connectivity index (χ0n) is 15.5. The Bertz CT molecular complexity index is 874. The van der Waals surface area contributed by atoms with Crippen LogP contribution in [0.5, 0.6) is 5.75 Å². The topological polar surface area (TPSA) is 102 Å². The molecule has 0 radical (unpaired) electrons. The van der Waals surface area contributed by atoms with E-state index in [4.69, 9.17) is 4.74 Å². The lowest BCUT2D eigenvalue weighted by molar-refractivity contribution is -0.384. The summed E-state index contributed by atoms with van der Waals surface area (Å²) in [5.74, 6) is 0.241. The average molecular weight is 383 g/mol. The van der Waals surface area contributed by atoms with Crippen LogP contribution < -0.4 is 10.1 Å². The van der Waals surface area contributed by atoms with Crippen molar-refractivity contribution in [2.45, 2.75) is 12.8 Å². The fourth-order valence-electron chi connectivity index (χ4n) is 3.20. The number of piperidine rings is 1. The van der Waals surface area contributed by atoms with Crippen LogP contribution in [0, 0.1) is 16.0 Å². The second-order valence-corrected chi connectivity index (χ2v) is 6.59. The number of non-ortho nitro benzene ring substituents is 1. The minimum Gasteiger partial charge on any atom is -0.497 e. The minimum atomic E-state index is -0.499. The van der Waals surface area contributed by atoms with Crippen molar-refractivity contribution in [2.75, 3.05) is 25.5 Å². The number of likely N-dealkylation sites (tertiary alicyclic amines) is 1. The Kier molecular flexibility index (Phi) is 5.88. The zero-order chi connectivity index (χ0) is 20.1. The summed E-state index contributed by atoms with van der Waals surface area (Å²) in [6.45, 7) is 0.929. The van der Waals surface area contributed by atoms with Gasteiger partial charge in [0.15, 0.2) is 0 Å². The third kappa shape index (κ3) is 4.46. The molecular weight excluding hydrogens is 362 g/mol. The van der Waals surface area contributed by atoms with Gasteiger partial charge in [0.2, 0.25) is 5.91 Å².